The van der Waals surface area contributed by atoms with Gasteiger partial charge >= 0.3 is 0 Å². The van der Waals surface area contributed by atoms with E-state index in [4.69, 9.17) is 5.73 Å². The quantitative estimate of drug-likeness (QED) is 0.914. The van der Waals surface area contributed by atoms with E-state index in [9.17, 15) is 4.79 Å². The zero-order valence-electron chi connectivity index (χ0n) is 12.6. The van der Waals surface area contributed by atoms with Crippen molar-refractivity contribution in [3.63, 3.8) is 0 Å². The molecule has 1 aliphatic heterocycles. The van der Waals surface area contributed by atoms with E-state index >= 15 is 0 Å². The fourth-order valence-electron chi connectivity index (χ4n) is 3.47. The topological polar surface area (TPSA) is 46.3 Å². The number of thioether (sulfide) groups is 1. The van der Waals surface area contributed by atoms with Gasteiger partial charge in [-0.05, 0) is 25.3 Å². The lowest BCUT2D eigenvalue weighted by molar-refractivity contribution is -0.135. The molecule has 2 aliphatic rings. The molecule has 1 amide bonds. The highest BCUT2D eigenvalue weighted by molar-refractivity contribution is 8.00. The number of amides is 1. The monoisotopic (exact) mass is 304 g/mol. The van der Waals surface area contributed by atoms with Crippen LogP contribution in [0.1, 0.15) is 42.9 Å². The van der Waals surface area contributed by atoms with Crippen molar-refractivity contribution in [3.8, 4) is 0 Å². The molecule has 3 nitrogen and oxygen atoms in total. The van der Waals surface area contributed by atoms with Crippen LogP contribution in [0.4, 0.5) is 0 Å². The number of fused-ring (bicyclic) bond motifs is 1. The fraction of sp³-hybridized carbons (Fsp3) is 0.588. The smallest absolute Gasteiger partial charge is 0.244 e. The van der Waals surface area contributed by atoms with Gasteiger partial charge in [0.15, 0.2) is 0 Å². The molecular formula is C17H24N2OS. The minimum Gasteiger partial charge on any atom is -0.336 e. The summed E-state index contributed by atoms with van der Waals surface area (Å²) in [6.45, 7) is 2.90. The molecule has 0 bridgehead atoms. The highest BCUT2D eigenvalue weighted by atomic mass is 32.2. The molecule has 1 saturated heterocycles. The Morgan fingerprint density at radius 1 is 1.29 bits per heavy atom. The van der Waals surface area contributed by atoms with Crippen molar-refractivity contribution in [2.75, 3.05) is 12.3 Å². The summed E-state index contributed by atoms with van der Waals surface area (Å²) in [5, 5.41) is 0.627. The number of hydrogen-bond acceptors (Lipinski definition) is 3. The second-order valence-electron chi connectivity index (χ2n) is 6.18. The van der Waals surface area contributed by atoms with Gasteiger partial charge in [-0.25, -0.2) is 0 Å². The maximum atomic E-state index is 12.8. The summed E-state index contributed by atoms with van der Waals surface area (Å²) in [7, 11) is 0. The summed E-state index contributed by atoms with van der Waals surface area (Å²) in [5.74, 6) is 1.16. The number of nitrogens with two attached hydrogens (primary N) is 1. The molecule has 1 saturated carbocycles. The molecular weight excluding hydrogens is 280 g/mol. The van der Waals surface area contributed by atoms with E-state index in [1.807, 2.05) is 43.0 Å². The largest absolute Gasteiger partial charge is 0.336 e. The molecule has 3 unspecified atom stereocenters. The molecule has 1 aliphatic carbocycles. The van der Waals surface area contributed by atoms with Crippen molar-refractivity contribution >= 4 is 17.7 Å². The third-order valence-corrected chi connectivity index (χ3v) is 6.11. The molecule has 1 aromatic rings. The van der Waals surface area contributed by atoms with Crippen molar-refractivity contribution in [1.82, 2.24) is 4.90 Å². The summed E-state index contributed by atoms with van der Waals surface area (Å²) in [4.78, 5) is 14.9. The lowest BCUT2D eigenvalue weighted by Crippen LogP contribution is -2.54. The lowest BCUT2D eigenvalue weighted by Gasteiger charge is -2.44. The second-order valence-corrected chi connectivity index (χ2v) is 7.53. The van der Waals surface area contributed by atoms with Gasteiger partial charge < -0.3 is 10.6 Å². The third-order valence-electron chi connectivity index (χ3n) is 4.72. The molecule has 4 heteroatoms. The van der Waals surface area contributed by atoms with Crippen molar-refractivity contribution in [3.05, 3.63) is 35.4 Å². The number of benzene rings is 1. The molecule has 1 aromatic carbocycles. The molecule has 3 atom stereocenters. The molecule has 2 N–H and O–H groups in total. The molecule has 3 rings (SSSR count). The van der Waals surface area contributed by atoms with Crippen LogP contribution in [-0.2, 0) is 4.79 Å². The van der Waals surface area contributed by atoms with Crippen LogP contribution in [-0.4, -0.2) is 34.4 Å². The van der Waals surface area contributed by atoms with Crippen LogP contribution in [0.2, 0.25) is 0 Å². The predicted molar refractivity (Wildman–Crippen MR) is 88.3 cm³/mol. The Hall–Kier alpha value is -1.00. The first-order chi connectivity index (χ1) is 10.2. The molecule has 1 heterocycles. The van der Waals surface area contributed by atoms with E-state index in [0.717, 1.165) is 24.3 Å². The van der Waals surface area contributed by atoms with Gasteiger partial charge in [0.2, 0.25) is 5.91 Å². The first-order valence-corrected chi connectivity index (χ1v) is 8.96. The molecule has 0 radical (unpaired) electrons. The summed E-state index contributed by atoms with van der Waals surface area (Å²) in [5.41, 5.74) is 8.36. The van der Waals surface area contributed by atoms with Crippen LogP contribution in [0.3, 0.4) is 0 Å². The molecule has 0 spiro atoms. The van der Waals surface area contributed by atoms with Crippen molar-refractivity contribution < 1.29 is 4.79 Å². The molecule has 21 heavy (non-hydrogen) atoms. The van der Waals surface area contributed by atoms with E-state index in [1.165, 1.54) is 24.8 Å². The van der Waals surface area contributed by atoms with Crippen LogP contribution in [0, 0.1) is 6.92 Å². The number of hydrogen-bond donors (Lipinski definition) is 1. The average molecular weight is 304 g/mol. The van der Waals surface area contributed by atoms with Crippen LogP contribution < -0.4 is 5.73 Å². The first-order valence-electron chi connectivity index (χ1n) is 7.91. The van der Waals surface area contributed by atoms with E-state index in [2.05, 4.69) is 4.90 Å². The van der Waals surface area contributed by atoms with Gasteiger partial charge in [-0.15, -0.1) is 0 Å². The van der Waals surface area contributed by atoms with Gasteiger partial charge in [0.05, 0.1) is 0 Å². The Balaban J connectivity index is 1.75. The Morgan fingerprint density at radius 2 is 2.00 bits per heavy atom. The Morgan fingerprint density at radius 3 is 2.76 bits per heavy atom. The van der Waals surface area contributed by atoms with Crippen LogP contribution in [0.5, 0.6) is 0 Å². The summed E-state index contributed by atoms with van der Waals surface area (Å²) >= 11 is 2.04. The number of nitrogens with zero attached hydrogens (tertiary/aromatic N) is 1. The maximum Gasteiger partial charge on any atom is 0.244 e. The Labute approximate surface area is 131 Å². The highest BCUT2D eigenvalue weighted by Gasteiger charge is 2.37. The SMILES string of the molecule is Cc1ccc(C(N)C(=O)N2CCSC3CCCCC32)cc1. The first kappa shape index (κ1) is 14.9. The Bertz CT molecular complexity index is 500. The molecule has 2 fully saturated rings. The third kappa shape index (κ3) is 3.11. The fourth-order valence-corrected chi connectivity index (χ4v) is 4.91. The summed E-state index contributed by atoms with van der Waals surface area (Å²) < 4.78 is 0. The van der Waals surface area contributed by atoms with Crippen molar-refractivity contribution in [2.45, 2.75) is 49.9 Å². The maximum absolute atomic E-state index is 12.8. The predicted octanol–water partition coefficient (Wildman–Crippen LogP) is 2.88. The Kier molecular flexibility index (Phi) is 4.55. The van der Waals surface area contributed by atoms with Crippen molar-refractivity contribution in [1.29, 1.82) is 0 Å². The number of rotatable bonds is 2. The molecule has 0 aromatic heterocycles. The average Bonchev–Trinajstić information content (AvgIpc) is 2.53. The van der Waals surface area contributed by atoms with Gasteiger partial charge in [0.1, 0.15) is 6.04 Å². The van der Waals surface area contributed by atoms with Gasteiger partial charge in [-0.2, -0.15) is 11.8 Å². The molecule has 114 valence electrons. The minimum absolute atomic E-state index is 0.107. The number of aryl methyl sites for hydroxylation is 1. The zero-order chi connectivity index (χ0) is 14.8. The van der Waals surface area contributed by atoms with Crippen LogP contribution >= 0.6 is 11.8 Å². The van der Waals surface area contributed by atoms with Gasteiger partial charge in [0, 0.05) is 23.6 Å². The summed E-state index contributed by atoms with van der Waals surface area (Å²) in [6.07, 6.45) is 4.94. The van der Waals surface area contributed by atoms with E-state index in [-0.39, 0.29) is 5.91 Å². The normalized spacial score (nSPS) is 27.0. The van der Waals surface area contributed by atoms with Crippen molar-refractivity contribution in [2.24, 2.45) is 5.73 Å². The summed E-state index contributed by atoms with van der Waals surface area (Å²) in [6, 6.07) is 7.90. The van der Waals surface area contributed by atoms with E-state index < -0.39 is 6.04 Å². The lowest BCUT2D eigenvalue weighted by atomic mass is 9.92. The highest BCUT2D eigenvalue weighted by Crippen LogP contribution is 2.36. The van der Waals surface area contributed by atoms with Gasteiger partial charge in [0.25, 0.3) is 0 Å². The number of carbonyl (C=O) groups is 1. The zero-order valence-corrected chi connectivity index (χ0v) is 13.4. The standard InChI is InChI=1S/C17H24N2OS/c1-12-6-8-13(9-7-12)16(18)17(20)19-10-11-21-15-5-3-2-4-14(15)19/h6-9,14-16H,2-5,10-11,18H2,1H3. The van der Waals surface area contributed by atoms with Gasteiger partial charge in [-0.1, -0.05) is 42.7 Å². The van der Waals surface area contributed by atoms with Gasteiger partial charge in [-0.3, -0.25) is 4.79 Å². The van der Waals surface area contributed by atoms with E-state index in [0.29, 0.717) is 11.3 Å². The van der Waals surface area contributed by atoms with E-state index in [1.54, 1.807) is 0 Å². The van der Waals surface area contributed by atoms with Crippen LogP contribution in [0.15, 0.2) is 24.3 Å². The van der Waals surface area contributed by atoms with Crippen LogP contribution in [0.25, 0.3) is 0 Å². The second kappa shape index (κ2) is 6.41. The number of carbonyl (C=O) groups excluding carboxylic acids is 1. The minimum atomic E-state index is -0.517.